The van der Waals surface area contributed by atoms with E-state index in [0.717, 1.165) is 23.8 Å². The van der Waals surface area contributed by atoms with Gasteiger partial charge in [0.05, 0.1) is 0 Å². The largest absolute Gasteiger partial charge is 0.317 e. The first-order chi connectivity index (χ1) is 8.35. The van der Waals surface area contributed by atoms with Gasteiger partial charge in [-0.3, -0.25) is 4.90 Å². The predicted molar refractivity (Wildman–Crippen MR) is 77.8 cm³/mol. The van der Waals surface area contributed by atoms with Gasteiger partial charge in [-0.25, -0.2) is 0 Å². The highest BCUT2D eigenvalue weighted by Crippen LogP contribution is 2.35. The maximum absolute atomic E-state index is 3.51. The molecule has 1 aliphatic carbocycles. The molecule has 1 N–H and O–H groups in total. The van der Waals surface area contributed by atoms with Gasteiger partial charge in [0.1, 0.15) is 0 Å². The zero-order chi connectivity index (χ0) is 12.1. The average molecular weight is 256 g/mol. The first-order valence-electron chi connectivity index (χ1n) is 7.41. The van der Waals surface area contributed by atoms with Gasteiger partial charge >= 0.3 is 0 Å². The van der Waals surface area contributed by atoms with Crippen LogP contribution in [-0.4, -0.2) is 48.1 Å². The van der Waals surface area contributed by atoms with Crippen LogP contribution in [0.15, 0.2) is 0 Å². The highest BCUT2D eigenvalue weighted by molar-refractivity contribution is 7.99. The van der Waals surface area contributed by atoms with Gasteiger partial charge in [-0.1, -0.05) is 20.3 Å². The zero-order valence-corrected chi connectivity index (χ0v) is 12.3. The van der Waals surface area contributed by atoms with Crippen LogP contribution < -0.4 is 5.32 Å². The molecule has 3 atom stereocenters. The van der Waals surface area contributed by atoms with E-state index in [0.29, 0.717) is 0 Å². The first kappa shape index (κ1) is 13.7. The van der Waals surface area contributed by atoms with Gasteiger partial charge in [0, 0.05) is 17.8 Å². The maximum atomic E-state index is 3.51. The highest BCUT2D eigenvalue weighted by Gasteiger charge is 2.35. The first-order valence-corrected chi connectivity index (χ1v) is 8.46. The fourth-order valence-corrected chi connectivity index (χ4v) is 4.70. The summed E-state index contributed by atoms with van der Waals surface area (Å²) in [5.41, 5.74) is 0. The van der Waals surface area contributed by atoms with Crippen LogP contribution in [0.25, 0.3) is 0 Å². The number of likely N-dealkylation sites (tertiary alicyclic amines) is 1. The van der Waals surface area contributed by atoms with Crippen molar-refractivity contribution in [3.63, 3.8) is 0 Å². The molecule has 1 aliphatic heterocycles. The SMILES string of the molecule is CCNCC1CCN(C2CCCC2SCC)C1. The van der Waals surface area contributed by atoms with Crippen molar-refractivity contribution in [2.24, 2.45) is 5.92 Å². The molecule has 0 aromatic rings. The highest BCUT2D eigenvalue weighted by atomic mass is 32.2. The molecule has 0 bridgehead atoms. The molecule has 1 heterocycles. The van der Waals surface area contributed by atoms with Gasteiger partial charge in [-0.2, -0.15) is 11.8 Å². The van der Waals surface area contributed by atoms with Crippen molar-refractivity contribution in [3.05, 3.63) is 0 Å². The van der Waals surface area contributed by atoms with Crippen molar-refractivity contribution in [1.82, 2.24) is 10.2 Å². The Balaban J connectivity index is 1.78. The number of nitrogens with zero attached hydrogens (tertiary/aromatic N) is 1. The Morgan fingerprint density at radius 3 is 2.88 bits per heavy atom. The molecular formula is C14H28N2S. The molecule has 0 spiro atoms. The summed E-state index contributed by atoms with van der Waals surface area (Å²) in [6, 6.07) is 0.895. The Morgan fingerprint density at radius 2 is 2.12 bits per heavy atom. The second-order valence-corrected chi connectivity index (χ2v) is 6.97. The minimum Gasteiger partial charge on any atom is -0.317 e. The van der Waals surface area contributed by atoms with Crippen molar-refractivity contribution in [2.75, 3.05) is 31.9 Å². The third-order valence-electron chi connectivity index (χ3n) is 4.27. The van der Waals surface area contributed by atoms with Crippen molar-refractivity contribution < 1.29 is 0 Å². The summed E-state index contributed by atoms with van der Waals surface area (Å²) in [5, 5.41) is 4.43. The molecule has 3 heteroatoms. The van der Waals surface area contributed by atoms with Crippen LogP contribution >= 0.6 is 11.8 Å². The second-order valence-electron chi connectivity index (χ2n) is 5.45. The molecule has 2 aliphatic rings. The van der Waals surface area contributed by atoms with Gasteiger partial charge in [0.2, 0.25) is 0 Å². The second kappa shape index (κ2) is 7.01. The zero-order valence-electron chi connectivity index (χ0n) is 11.5. The molecule has 2 nitrogen and oxygen atoms in total. The van der Waals surface area contributed by atoms with E-state index in [4.69, 9.17) is 0 Å². The average Bonchev–Trinajstić information content (AvgIpc) is 2.95. The molecule has 0 aromatic carbocycles. The molecule has 2 fully saturated rings. The van der Waals surface area contributed by atoms with E-state index >= 15 is 0 Å². The van der Waals surface area contributed by atoms with Crippen molar-refractivity contribution >= 4 is 11.8 Å². The van der Waals surface area contributed by atoms with E-state index in [9.17, 15) is 0 Å². The Morgan fingerprint density at radius 1 is 1.24 bits per heavy atom. The van der Waals surface area contributed by atoms with Crippen molar-refractivity contribution in [3.8, 4) is 0 Å². The van der Waals surface area contributed by atoms with Crippen molar-refractivity contribution in [2.45, 2.75) is 50.8 Å². The van der Waals surface area contributed by atoms with Crippen LogP contribution in [0.1, 0.15) is 39.5 Å². The van der Waals surface area contributed by atoms with E-state index < -0.39 is 0 Å². The summed E-state index contributed by atoms with van der Waals surface area (Å²) >= 11 is 2.20. The molecule has 100 valence electrons. The van der Waals surface area contributed by atoms with E-state index in [2.05, 4.69) is 35.8 Å². The van der Waals surface area contributed by atoms with Crippen LogP contribution in [0.5, 0.6) is 0 Å². The smallest absolute Gasteiger partial charge is 0.0214 e. The van der Waals surface area contributed by atoms with Gasteiger partial charge in [-0.15, -0.1) is 0 Å². The monoisotopic (exact) mass is 256 g/mol. The third kappa shape index (κ3) is 3.62. The van der Waals surface area contributed by atoms with Gasteiger partial charge < -0.3 is 5.32 Å². The number of hydrogen-bond acceptors (Lipinski definition) is 3. The van der Waals surface area contributed by atoms with Crippen LogP contribution in [0.4, 0.5) is 0 Å². The van der Waals surface area contributed by atoms with Crippen LogP contribution in [0, 0.1) is 5.92 Å². The van der Waals surface area contributed by atoms with E-state index in [1.54, 1.807) is 0 Å². The van der Waals surface area contributed by atoms with E-state index in [-0.39, 0.29) is 0 Å². The molecular weight excluding hydrogens is 228 g/mol. The van der Waals surface area contributed by atoms with Crippen LogP contribution in [0.3, 0.4) is 0 Å². The minimum absolute atomic E-state index is 0.895. The number of thioether (sulfide) groups is 1. The lowest BCUT2D eigenvalue weighted by Gasteiger charge is -2.29. The normalized spacial score (nSPS) is 34.6. The predicted octanol–water partition coefficient (Wildman–Crippen LogP) is 2.59. The summed E-state index contributed by atoms with van der Waals surface area (Å²) in [7, 11) is 0. The number of rotatable bonds is 6. The minimum atomic E-state index is 0.895. The number of hydrogen-bond donors (Lipinski definition) is 1. The quantitative estimate of drug-likeness (QED) is 0.786. The Kier molecular flexibility index (Phi) is 5.64. The van der Waals surface area contributed by atoms with Crippen LogP contribution in [-0.2, 0) is 0 Å². The lowest BCUT2D eigenvalue weighted by Crippen LogP contribution is -2.38. The summed E-state index contributed by atoms with van der Waals surface area (Å²) in [6.07, 6.45) is 5.77. The molecule has 1 saturated heterocycles. The lowest BCUT2D eigenvalue weighted by molar-refractivity contribution is 0.241. The van der Waals surface area contributed by atoms with Crippen LogP contribution in [0.2, 0.25) is 0 Å². The molecule has 3 unspecified atom stereocenters. The Labute approximate surface area is 111 Å². The van der Waals surface area contributed by atoms with Gasteiger partial charge in [0.15, 0.2) is 0 Å². The van der Waals surface area contributed by atoms with Gasteiger partial charge in [-0.05, 0) is 50.6 Å². The summed E-state index contributed by atoms with van der Waals surface area (Å²) in [4.78, 5) is 2.79. The fraction of sp³-hybridized carbons (Fsp3) is 1.00. The van der Waals surface area contributed by atoms with E-state index in [1.807, 2.05) is 0 Å². The summed E-state index contributed by atoms with van der Waals surface area (Å²) < 4.78 is 0. The van der Waals surface area contributed by atoms with Gasteiger partial charge in [0.25, 0.3) is 0 Å². The third-order valence-corrected chi connectivity index (χ3v) is 5.58. The Hall–Kier alpha value is 0.270. The van der Waals surface area contributed by atoms with Crippen molar-refractivity contribution in [1.29, 1.82) is 0 Å². The molecule has 0 aromatic heterocycles. The number of nitrogens with one attached hydrogen (secondary N) is 1. The standard InChI is InChI=1S/C14H28N2S/c1-3-15-10-12-8-9-16(11-12)13-6-5-7-14(13)17-4-2/h12-15H,3-11H2,1-2H3. The molecule has 0 radical (unpaired) electrons. The maximum Gasteiger partial charge on any atom is 0.0214 e. The summed E-state index contributed by atoms with van der Waals surface area (Å²) in [6.45, 7) is 9.55. The Bertz CT molecular complexity index is 222. The summed E-state index contributed by atoms with van der Waals surface area (Å²) in [5.74, 6) is 2.19. The fourth-order valence-electron chi connectivity index (χ4n) is 3.41. The molecule has 0 amide bonds. The molecule has 2 rings (SSSR count). The lowest BCUT2D eigenvalue weighted by atomic mass is 10.1. The molecule has 17 heavy (non-hydrogen) atoms. The molecule has 1 saturated carbocycles. The van der Waals surface area contributed by atoms with E-state index in [1.165, 1.54) is 51.1 Å². The topological polar surface area (TPSA) is 15.3 Å².